The zero-order valence-electron chi connectivity index (χ0n) is 16.8. The van der Waals surface area contributed by atoms with Crippen molar-refractivity contribution in [3.8, 4) is 0 Å². The van der Waals surface area contributed by atoms with Gasteiger partial charge in [0, 0.05) is 29.0 Å². The summed E-state index contributed by atoms with van der Waals surface area (Å²) in [7, 11) is 1.52. The summed E-state index contributed by atoms with van der Waals surface area (Å²) in [4.78, 5) is 38.0. The van der Waals surface area contributed by atoms with E-state index in [1.807, 2.05) is 0 Å². The quantitative estimate of drug-likeness (QED) is 0.754. The second-order valence-corrected chi connectivity index (χ2v) is 7.86. The van der Waals surface area contributed by atoms with Gasteiger partial charge in [-0.1, -0.05) is 23.7 Å². The van der Waals surface area contributed by atoms with Crippen LogP contribution in [0.4, 0.5) is 16.2 Å². The van der Waals surface area contributed by atoms with Crippen LogP contribution in [-0.4, -0.2) is 42.0 Å². The molecule has 2 rings (SSSR count). The number of carbonyl (C=O) groups excluding carboxylic acids is 3. The second kappa shape index (κ2) is 9.43. The first-order valence-corrected chi connectivity index (χ1v) is 9.32. The molecule has 2 aromatic rings. The molecule has 0 radical (unpaired) electrons. The number of rotatable bonds is 5. The van der Waals surface area contributed by atoms with Crippen molar-refractivity contribution in [3.05, 3.63) is 59.1 Å². The van der Waals surface area contributed by atoms with Crippen molar-refractivity contribution in [2.45, 2.75) is 26.4 Å². The maximum absolute atomic E-state index is 12.6. The third-order valence-electron chi connectivity index (χ3n) is 3.59. The molecule has 0 aromatic heterocycles. The number of nitrogens with one attached hydrogen (secondary N) is 2. The number of hydrogen-bond acceptors (Lipinski definition) is 4. The van der Waals surface area contributed by atoms with Gasteiger partial charge in [0.1, 0.15) is 5.60 Å². The van der Waals surface area contributed by atoms with Gasteiger partial charge in [0.05, 0.1) is 6.54 Å². The third kappa shape index (κ3) is 7.46. The average Bonchev–Trinajstić information content (AvgIpc) is 2.59. The smallest absolute Gasteiger partial charge is 0.412 e. The number of benzene rings is 2. The molecule has 2 aromatic carbocycles. The molecular weight excluding hydrogens is 394 g/mol. The fourth-order valence-corrected chi connectivity index (χ4v) is 2.62. The molecule has 0 aliphatic heterocycles. The molecule has 29 heavy (non-hydrogen) atoms. The number of likely N-dealkylation sites (N-methyl/N-ethyl adjacent to an activating group) is 1. The standard InChI is InChI=1S/C21H24ClN3O4/c1-21(2,3)29-20(28)24-16-9-5-7-14(11-16)19(27)25(4)13-18(26)23-17-10-6-8-15(22)12-17/h5-12H,13H2,1-4H3,(H,23,26)(H,24,28). The summed E-state index contributed by atoms with van der Waals surface area (Å²) in [6.07, 6.45) is -0.614. The molecule has 0 atom stereocenters. The molecule has 0 saturated heterocycles. The van der Waals surface area contributed by atoms with Crippen molar-refractivity contribution in [1.29, 1.82) is 0 Å². The molecule has 0 spiro atoms. The third-order valence-corrected chi connectivity index (χ3v) is 3.83. The number of ether oxygens (including phenoxy) is 1. The lowest BCUT2D eigenvalue weighted by Crippen LogP contribution is -2.35. The maximum atomic E-state index is 12.6. The van der Waals surface area contributed by atoms with Gasteiger partial charge >= 0.3 is 6.09 Å². The average molecular weight is 418 g/mol. The zero-order chi connectivity index (χ0) is 21.6. The van der Waals surface area contributed by atoms with Crippen LogP contribution in [0, 0.1) is 0 Å². The van der Waals surface area contributed by atoms with Crippen LogP contribution in [0.15, 0.2) is 48.5 Å². The zero-order valence-corrected chi connectivity index (χ0v) is 17.5. The Morgan fingerprint density at radius 1 is 1.00 bits per heavy atom. The highest BCUT2D eigenvalue weighted by atomic mass is 35.5. The van der Waals surface area contributed by atoms with Gasteiger partial charge in [-0.25, -0.2) is 4.79 Å². The minimum absolute atomic E-state index is 0.144. The molecule has 7 nitrogen and oxygen atoms in total. The van der Waals surface area contributed by atoms with Crippen molar-refractivity contribution in [2.75, 3.05) is 24.2 Å². The molecule has 2 N–H and O–H groups in total. The lowest BCUT2D eigenvalue weighted by atomic mass is 10.1. The highest BCUT2D eigenvalue weighted by molar-refractivity contribution is 6.30. The number of halogens is 1. The summed E-state index contributed by atoms with van der Waals surface area (Å²) in [5.41, 5.74) is 0.666. The molecule has 3 amide bonds. The van der Waals surface area contributed by atoms with Gasteiger partial charge in [-0.05, 0) is 57.2 Å². The van der Waals surface area contributed by atoms with E-state index in [4.69, 9.17) is 16.3 Å². The van der Waals surface area contributed by atoms with Gasteiger partial charge in [-0.3, -0.25) is 14.9 Å². The summed E-state index contributed by atoms with van der Waals surface area (Å²) in [5, 5.41) is 5.78. The topological polar surface area (TPSA) is 87.7 Å². The normalized spacial score (nSPS) is 10.8. The van der Waals surface area contributed by atoms with Crippen LogP contribution in [-0.2, 0) is 9.53 Å². The van der Waals surface area contributed by atoms with E-state index in [9.17, 15) is 14.4 Å². The lowest BCUT2D eigenvalue weighted by Gasteiger charge is -2.20. The number of carbonyl (C=O) groups is 3. The van der Waals surface area contributed by atoms with Crippen LogP contribution in [0.5, 0.6) is 0 Å². The molecule has 0 aliphatic carbocycles. The second-order valence-electron chi connectivity index (χ2n) is 7.43. The van der Waals surface area contributed by atoms with Gasteiger partial charge in [0.15, 0.2) is 0 Å². The van der Waals surface area contributed by atoms with Gasteiger partial charge in [0.25, 0.3) is 5.91 Å². The molecule has 154 valence electrons. The van der Waals surface area contributed by atoms with Crippen LogP contribution in [0.3, 0.4) is 0 Å². The monoisotopic (exact) mass is 417 g/mol. The predicted molar refractivity (Wildman–Crippen MR) is 113 cm³/mol. The first kappa shape index (κ1) is 22.2. The van der Waals surface area contributed by atoms with Crippen LogP contribution in [0.2, 0.25) is 5.02 Å². The Morgan fingerprint density at radius 2 is 1.62 bits per heavy atom. The minimum atomic E-state index is -0.631. The molecule has 0 heterocycles. The van der Waals surface area contributed by atoms with E-state index in [-0.39, 0.29) is 18.4 Å². The molecule has 8 heteroatoms. The van der Waals surface area contributed by atoms with E-state index in [0.29, 0.717) is 22.0 Å². The Morgan fingerprint density at radius 3 is 2.24 bits per heavy atom. The Balaban J connectivity index is 1.98. The van der Waals surface area contributed by atoms with Crippen LogP contribution < -0.4 is 10.6 Å². The summed E-state index contributed by atoms with van der Waals surface area (Å²) in [6.45, 7) is 5.14. The Kier molecular flexibility index (Phi) is 7.23. The molecular formula is C21H24ClN3O4. The van der Waals surface area contributed by atoms with Gasteiger partial charge in [-0.15, -0.1) is 0 Å². The molecule has 0 bridgehead atoms. The number of anilines is 2. The summed E-state index contributed by atoms with van der Waals surface area (Å²) in [6, 6.07) is 13.2. The SMILES string of the molecule is CN(CC(=O)Nc1cccc(Cl)c1)C(=O)c1cccc(NC(=O)OC(C)(C)C)c1. The molecule has 0 fully saturated rings. The van der Waals surface area contributed by atoms with Crippen molar-refractivity contribution >= 4 is 40.9 Å². The summed E-state index contributed by atoms with van der Waals surface area (Å²) < 4.78 is 5.20. The van der Waals surface area contributed by atoms with Crippen molar-refractivity contribution in [2.24, 2.45) is 0 Å². The fraction of sp³-hybridized carbons (Fsp3) is 0.286. The molecule has 0 aliphatic rings. The van der Waals surface area contributed by atoms with Crippen molar-refractivity contribution < 1.29 is 19.1 Å². The number of nitrogens with zero attached hydrogens (tertiary/aromatic N) is 1. The lowest BCUT2D eigenvalue weighted by molar-refractivity contribution is -0.116. The first-order chi connectivity index (χ1) is 13.5. The minimum Gasteiger partial charge on any atom is -0.444 e. The van der Waals surface area contributed by atoms with E-state index < -0.39 is 11.7 Å². The number of amides is 3. The van der Waals surface area contributed by atoms with Gasteiger partial charge < -0.3 is 15.0 Å². The highest BCUT2D eigenvalue weighted by Crippen LogP contribution is 2.16. The van der Waals surface area contributed by atoms with Gasteiger partial charge in [-0.2, -0.15) is 0 Å². The largest absolute Gasteiger partial charge is 0.444 e. The first-order valence-electron chi connectivity index (χ1n) is 8.94. The Labute approximate surface area is 175 Å². The Hall–Kier alpha value is -3.06. The van der Waals surface area contributed by atoms with E-state index in [0.717, 1.165) is 0 Å². The summed E-state index contributed by atoms with van der Waals surface area (Å²) >= 11 is 5.90. The van der Waals surface area contributed by atoms with E-state index in [1.54, 1.807) is 63.2 Å². The predicted octanol–water partition coefficient (Wildman–Crippen LogP) is 4.40. The van der Waals surface area contributed by atoms with Crippen molar-refractivity contribution in [1.82, 2.24) is 4.90 Å². The van der Waals surface area contributed by atoms with E-state index in [1.165, 1.54) is 18.0 Å². The van der Waals surface area contributed by atoms with Crippen LogP contribution in [0.1, 0.15) is 31.1 Å². The highest BCUT2D eigenvalue weighted by Gasteiger charge is 2.18. The Bertz CT molecular complexity index is 909. The molecule has 0 saturated carbocycles. The van der Waals surface area contributed by atoms with E-state index >= 15 is 0 Å². The van der Waals surface area contributed by atoms with Crippen LogP contribution in [0.25, 0.3) is 0 Å². The van der Waals surface area contributed by atoms with Gasteiger partial charge in [0.2, 0.25) is 5.91 Å². The fourth-order valence-electron chi connectivity index (χ4n) is 2.43. The van der Waals surface area contributed by atoms with Crippen LogP contribution >= 0.6 is 11.6 Å². The van der Waals surface area contributed by atoms with Crippen molar-refractivity contribution in [3.63, 3.8) is 0 Å². The number of hydrogen-bond donors (Lipinski definition) is 2. The molecule has 0 unspecified atom stereocenters. The van der Waals surface area contributed by atoms with E-state index in [2.05, 4.69) is 10.6 Å². The maximum Gasteiger partial charge on any atom is 0.412 e. The summed E-state index contributed by atoms with van der Waals surface area (Å²) in [5.74, 6) is -0.717.